The van der Waals surface area contributed by atoms with Crippen LogP contribution < -0.4 is 14.8 Å². The molecule has 29 heavy (non-hydrogen) atoms. The second kappa shape index (κ2) is 8.41. The molecular formula is C19H20N4O5S. The van der Waals surface area contributed by atoms with Crippen molar-refractivity contribution >= 4 is 15.9 Å². The Morgan fingerprint density at radius 3 is 2.69 bits per heavy atom. The number of benzene rings is 2. The maximum absolute atomic E-state index is 12.6. The third-order valence-electron chi connectivity index (χ3n) is 4.11. The number of rotatable bonds is 7. The van der Waals surface area contributed by atoms with E-state index in [-0.39, 0.29) is 28.6 Å². The van der Waals surface area contributed by atoms with Crippen molar-refractivity contribution in [2.45, 2.75) is 18.4 Å². The fourth-order valence-corrected chi connectivity index (χ4v) is 3.63. The minimum Gasteiger partial charge on any atom is -0.496 e. The third-order valence-corrected chi connectivity index (χ3v) is 5.51. The first kappa shape index (κ1) is 20.5. The Kier molecular flexibility index (Phi) is 5.95. The fourth-order valence-electron chi connectivity index (χ4n) is 2.63. The van der Waals surface area contributed by atoms with Crippen LogP contribution in [0.2, 0.25) is 0 Å². The van der Waals surface area contributed by atoms with E-state index >= 15 is 0 Å². The number of hydrogen-bond donors (Lipinski definition) is 2. The molecule has 0 fully saturated rings. The predicted octanol–water partition coefficient (Wildman–Crippen LogP) is 1.89. The Bertz CT molecular complexity index is 1140. The lowest BCUT2D eigenvalue weighted by atomic mass is 10.1. The molecule has 9 nitrogen and oxygen atoms in total. The lowest BCUT2D eigenvalue weighted by Crippen LogP contribution is -2.24. The molecule has 0 saturated carbocycles. The largest absolute Gasteiger partial charge is 0.496 e. The highest BCUT2D eigenvalue weighted by Crippen LogP contribution is 2.23. The molecule has 3 rings (SSSR count). The molecule has 0 aliphatic rings. The molecule has 152 valence electrons. The number of carbonyl (C=O) groups excluding carboxylic acids is 1. The normalized spacial score (nSPS) is 11.3. The predicted molar refractivity (Wildman–Crippen MR) is 105 cm³/mol. The Morgan fingerprint density at radius 2 is 2.00 bits per heavy atom. The van der Waals surface area contributed by atoms with Gasteiger partial charge in [-0.25, -0.2) is 13.1 Å². The van der Waals surface area contributed by atoms with E-state index in [1.54, 1.807) is 0 Å². The van der Waals surface area contributed by atoms with Crippen molar-refractivity contribution in [1.82, 2.24) is 20.2 Å². The summed E-state index contributed by atoms with van der Waals surface area (Å²) < 4.78 is 37.9. The van der Waals surface area contributed by atoms with Gasteiger partial charge in [-0.05, 0) is 31.2 Å². The molecule has 0 aliphatic carbocycles. The second-order valence-corrected chi connectivity index (χ2v) is 7.91. The van der Waals surface area contributed by atoms with Crippen LogP contribution in [-0.2, 0) is 16.6 Å². The second-order valence-electron chi connectivity index (χ2n) is 6.15. The van der Waals surface area contributed by atoms with Crippen LogP contribution in [0.4, 0.5) is 0 Å². The maximum Gasteiger partial charge on any atom is 0.254 e. The first-order valence-electron chi connectivity index (χ1n) is 8.63. The van der Waals surface area contributed by atoms with Gasteiger partial charge in [0.25, 0.3) is 5.91 Å². The van der Waals surface area contributed by atoms with Gasteiger partial charge in [-0.3, -0.25) is 4.79 Å². The SMILES string of the molecule is CNC(=O)c1cc(S(=O)(=O)NCc2nc(-c3cccc(C)c3)no2)ccc1OC. The van der Waals surface area contributed by atoms with Crippen molar-refractivity contribution in [3.8, 4) is 17.1 Å². The number of carbonyl (C=O) groups is 1. The number of aryl methyl sites for hydroxylation is 1. The Hall–Kier alpha value is -3.24. The van der Waals surface area contributed by atoms with E-state index in [1.165, 1.54) is 32.4 Å². The van der Waals surface area contributed by atoms with Crippen LogP contribution in [0.3, 0.4) is 0 Å². The quantitative estimate of drug-likeness (QED) is 0.603. The molecule has 2 aromatic carbocycles. The number of aromatic nitrogens is 2. The summed E-state index contributed by atoms with van der Waals surface area (Å²) in [5.41, 5.74) is 1.92. The zero-order valence-electron chi connectivity index (χ0n) is 16.1. The Labute approximate surface area is 168 Å². The fraction of sp³-hybridized carbons (Fsp3) is 0.211. The summed E-state index contributed by atoms with van der Waals surface area (Å²) >= 11 is 0. The van der Waals surface area contributed by atoms with Gasteiger partial charge in [-0.15, -0.1) is 0 Å². The van der Waals surface area contributed by atoms with E-state index in [2.05, 4.69) is 20.2 Å². The van der Waals surface area contributed by atoms with Crippen molar-refractivity contribution in [3.05, 3.63) is 59.5 Å². The minimum atomic E-state index is -3.92. The smallest absolute Gasteiger partial charge is 0.254 e. The van der Waals surface area contributed by atoms with Crippen LogP contribution in [0.5, 0.6) is 5.75 Å². The van der Waals surface area contributed by atoms with E-state index < -0.39 is 15.9 Å². The summed E-state index contributed by atoms with van der Waals surface area (Å²) in [7, 11) is -1.08. The minimum absolute atomic E-state index is 0.0877. The Balaban J connectivity index is 1.78. The van der Waals surface area contributed by atoms with Gasteiger partial charge in [0.2, 0.25) is 21.7 Å². The number of nitrogens with one attached hydrogen (secondary N) is 2. The van der Waals surface area contributed by atoms with Crippen molar-refractivity contribution in [2.75, 3.05) is 14.2 Å². The average Bonchev–Trinajstić information content (AvgIpc) is 3.20. The van der Waals surface area contributed by atoms with Gasteiger partial charge in [0.15, 0.2) is 0 Å². The maximum atomic E-state index is 12.6. The molecule has 0 saturated heterocycles. The van der Waals surface area contributed by atoms with Crippen LogP contribution >= 0.6 is 0 Å². The molecule has 1 aromatic heterocycles. The zero-order chi connectivity index (χ0) is 21.0. The number of hydrogen-bond acceptors (Lipinski definition) is 7. The van der Waals surface area contributed by atoms with Gasteiger partial charge < -0.3 is 14.6 Å². The van der Waals surface area contributed by atoms with Crippen LogP contribution in [0.15, 0.2) is 51.9 Å². The summed E-state index contributed by atoms with van der Waals surface area (Å²) in [6.07, 6.45) is 0. The molecule has 0 atom stereocenters. The van der Waals surface area contributed by atoms with Crippen molar-refractivity contribution in [3.63, 3.8) is 0 Å². The molecule has 0 spiro atoms. The van der Waals surface area contributed by atoms with Gasteiger partial charge in [-0.1, -0.05) is 28.9 Å². The standard InChI is InChI=1S/C19H20N4O5S/c1-12-5-4-6-13(9-12)18-22-17(28-23-18)11-21-29(25,26)14-7-8-16(27-3)15(10-14)19(24)20-2/h4-10,21H,11H2,1-3H3,(H,20,24). The Morgan fingerprint density at radius 1 is 1.21 bits per heavy atom. The van der Waals surface area contributed by atoms with Crippen LogP contribution in [0.25, 0.3) is 11.4 Å². The van der Waals surface area contributed by atoms with E-state index in [4.69, 9.17) is 9.26 Å². The highest BCUT2D eigenvalue weighted by atomic mass is 32.2. The number of ether oxygens (including phenoxy) is 1. The molecule has 0 bridgehead atoms. The van der Waals surface area contributed by atoms with Crippen LogP contribution in [0.1, 0.15) is 21.8 Å². The van der Waals surface area contributed by atoms with Gasteiger partial charge in [0.1, 0.15) is 5.75 Å². The monoisotopic (exact) mass is 416 g/mol. The molecule has 10 heteroatoms. The van der Waals surface area contributed by atoms with E-state index in [9.17, 15) is 13.2 Å². The zero-order valence-corrected chi connectivity index (χ0v) is 16.9. The number of amides is 1. The molecule has 0 aliphatic heterocycles. The summed E-state index contributed by atoms with van der Waals surface area (Å²) in [5, 5.41) is 6.33. The summed E-state index contributed by atoms with van der Waals surface area (Å²) in [5.74, 6) is 0.293. The third kappa shape index (κ3) is 4.61. The van der Waals surface area contributed by atoms with E-state index in [1.807, 2.05) is 31.2 Å². The first-order valence-corrected chi connectivity index (χ1v) is 10.1. The van der Waals surface area contributed by atoms with E-state index in [0.717, 1.165) is 11.1 Å². The number of nitrogens with zero attached hydrogens (tertiary/aromatic N) is 2. The molecule has 2 N–H and O–H groups in total. The van der Waals surface area contributed by atoms with Crippen molar-refractivity contribution in [2.24, 2.45) is 0 Å². The number of sulfonamides is 1. The highest BCUT2D eigenvalue weighted by Gasteiger charge is 2.20. The molecule has 0 unspecified atom stereocenters. The van der Waals surface area contributed by atoms with Crippen LogP contribution in [0, 0.1) is 6.92 Å². The van der Waals surface area contributed by atoms with Gasteiger partial charge >= 0.3 is 0 Å². The summed E-state index contributed by atoms with van der Waals surface area (Å²) in [6.45, 7) is 1.75. The number of methoxy groups -OCH3 is 1. The highest BCUT2D eigenvalue weighted by molar-refractivity contribution is 7.89. The van der Waals surface area contributed by atoms with Crippen molar-refractivity contribution in [1.29, 1.82) is 0 Å². The van der Waals surface area contributed by atoms with Gasteiger partial charge in [0.05, 0.1) is 24.1 Å². The van der Waals surface area contributed by atoms with Gasteiger partial charge in [0, 0.05) is 12.6 Å². The molecule has 0 radical (unpaired) electrons. The van der Waals surface area contributed by atoms with Crippen molar-refractivity contribution < 1.29 is 22.5 Å². The molecular weight excluding hydrogens is 396 g/mol. The van der Waals surface area contributed by atoms with Gasteiger partial charge in [-0.2, -0.15) is 4.98 Å². The molecule has 1 heterocycles. The summed E-state index contributed by atoms with van der Waals surface area (Å²) in [4.78, 5) is 16.1. The van der Waals surface area contributed by atoms with Crippen LogP contribution in [-0.4, -0.2) is 38.6 Å². The molecule has 3 aromatic rings. The topological polar surface area (TPSA) is 123 Å². The first-order chi connectivity index (χ1) is 13.8. The average molecular weight is 416 g/mol. The lowest BCUT2D eigenvalue weighted by Gasteiger charge is -2.10. The molecule has 1 amide bonds. The summed E-state index contributed by atoms with van der Waals surface area (Å²) in [6, 6.07) is 11.6. The van der Waals surface area contributed by atoms with E-state index in [0.29, 0.717) is 5.82 Å². The lowest BCUT2D eigenvalue weighted by molar-refractivity contribution is 0.0960.